The molecule has 3 N–H and O–H groups in total. The molecule has 0 spiro atoms. The summed E-state index contributed by atoms with van der Waals surface area (Å²) in [7, 11) is 0. The van der Waals surface area contributed by atoms with Crippen molar-refractivity contribution in [2.24, 2.45) is 11.7 Å². The first kappa shape index (κ1) is 18.4. The van der Waals surface area contributed by atoms with Gasteiger partial charge in [0.25, 0.3) is 0 Å². The average molecular weight is 297 g/mol. The van der Waals surface area contributed by atoms with E-state index in [0.717, 1.165) is 51.4 Å². The number of likely N-dealkylation sites (tertiary alicyclic amines) is 1. The van der Waals surface area contributed by atoms with E-state index < -0.39 is 0 Å². The molecule has 0 aromatic heterocycles. The first-order chi connectivity index (χ1) is 10.2. The van der Waals surface area contributed by atoms with Gasteiger partial charge in [0, 0.05) is 25.6 Å². The molecule has 1 saturated heterocycles. The Morgan fingerprint density at radius 1 is 1.38 bits per heavy atom. The Hall–Kier alpha value is -0.610. The van der Waals surface area contributed by atoms with Crippen LogP contribution in [-0.4, -0.2) is 43.0 Å². The molecule has 0 saturated carbocycles. The largest absolute Gasteiger partial charge is 0.356 e. The van der Waals surface area contributed by atoms with Gasteiger partial charge in [0.15, 0.2) is 0 Å². The van der Waals surface area contributed by atoms with Crippen molar-refractivity contribution >= 4 is 5.91 Å². The van der Waals surface area contributed by atoms with Gasteiger partial charge in [-0.15, -0.1) is 0 Å². The van der Waals surface area contributed by atoms with Crippen LogP contribution in [0.25, 0.3) is 0 Å². The lowest BCUT2D eigenvalue weighted by atomic mass is 9.96. The Bertz CT molecular complexity index is 283. The molecule has 2 atom stereocenters. The number of carbonyl (C=O) groups is 1. The van der Waals surface area contributed by atoms with Gasteiger partial charge in [-0.25, -0.2) is 0 Å². The van der Waals surface area contributed by atoms with E-state index in [4.69, 9.17) is 5.73 Å². The SMILES string of the molecule is CCC(CCN)CCC(=O)NCCCN1CCCCC1C. The normalized spacial score (nSPS) is 21.2. The third-order valence-electron chi connectivity index (χ3n) is 4.82. The highest BCUT2D eigenvalue weighted by Crippen LogP contribution is 2.16. The van der Waals surface area contributed by atoms with Crippen molar-refractivity contribution in [2.45, 2.75) is 71.3 Å². The molecule has 0 aromatic rings. The van der Waals surface area contributed by atoms with E-state index in [1.54, 1.807) is 0 Å². The molecule has 1 rings (SSSR count). The predicted octanol–water partition coefficient (Wildman–Crippen LogP) is 2.52. The molecule has 4 heteroatoms. The second-order valence-corrected chi connectivity index (χ2v) is 6.47. The molecule has 1 aliphatic rings. The number of hydrogen-bond donors (Lipinski definition) is 2. The second kappa shape index (κ2) is 11.0. The summed E-state index contributed by atoms with van der Waals surface area (Å²) in [5.74, 6) is 0.812. The van der Waals surface area contributed by atoms with Crippen molar-refractivity contribution in [3.8, 4) is 0 Å². The van der Waals surface area contributed by atoms with Gasteiger partial charge in [-0.2, -0.15) is 0 Å². The lowest BCUT2D eigenvalue weighted by Crippen LogP contribution is -2.39. The molecule has 4 nitrogen and oxygen atoms in total. The Labute approximate surface area is 130 Å². The van der Waals surface area contributed by atoms with Gasteiger partial charge >= 0.3 is 0 Å². The Balaban J connectivity index is 2.05. The average Bonchev–Trinajstić information content (AvgIpc) is 2.49. The highest BCUT2D eigenvalue weighted by molar-refractivity contribution is 5.75. The van der Waals surface area contributed by atoms with Gasteiger partial charge in [0.05, 0.1) is 0 Å². The molecule has 1 aliphatic heterocycles. The Morgan fingerprint density at radius 3 is 2.86 bits per heavy atom. The molecule has 0 aromatic carbocycles. The molecular formula is C17H35N3O. The maximum absolute atomic E-state index is 11.8. The number of nitrogens with two attached hydrogens (primary N) is 1. The molecule has 21 heavy (non-hydrogen) atoms. The van der Waals surface area contributed by atoms with Crippen LogP contribution in [0.2, 0.25) is 0 Å². The van der Waals surface area contributed by atoms with Gasteiger partial charge in [0.2, 0.25) is 5.91 Å². The fraction of sp³-hybridized carbons (Fsp3) is 0.941. The van der Waals surface area contributed by atoms with Crippen LogP contribution in [0, 0.1) is 5.92 Å². The van der Waals surface area contributed by atoms with Crippen LogP contribution in [-0.2, 0) is 4.79 Å². The van der Waals surface area contributed by atoms with E-state index in [9.17, 15) is 4.79 Å². The number of hydrogen-bond acceptors (Lipinski definition) is 3. The minimum atomic E-state index is 0.206. The smallest absolute Gasteiger partial charge is 0.220 e. The molecule has 0 radical (unpaired) electrons. The molecule has 1 amide bonds. The van der Waals surface area contributed by atoms with Crippen LogP contribution >= 0.6 is 0 Å². The van der Waals surface area contributed by atoms with Crippen molar-refractivity contribution in [1.82, 2.24) is 10.2 Å². The molecule has 0 bridgehead atoms. The summed E-state index contributed by atoms with van der Waals surface area (Å²) in [6.07, 6.45) is 8.88. The zero-order valence-electron chi connectivity index (χ0n) is 14.1. The number of nitrogens with zero attached hydrogens (tertiary/aromatic N) is 1. The van der Waals surface area contributed by atoms with E-state index in [-0.39, 0.29) is 5.91 Å². The summed E-state index contributed by atoms with van der Waals surface area (Å²) in [6, 6.07) is 0.719. The Kier molecular flexibility index (Phi) is 9.68. The number of amides is 1. The maximum atomic E-state index is 11.8. The molecule has 0 aliphatic carbocycles. The minimum absolute atomic E-state index is 0.206. The van der Waals surface area contributed by atoms with Crippen LogP contribution in [0.4, 0.5) is 0 Å². The fourth-order valence-electron chi connectivity index (χ4n) is 3.21. The van der Waals surface area contributed by atoms with Crippen molar-refractivity contribution in [1.29, 1.82) is 0 Å². The standard InChI is InChI=1S/C17H35N3O/c1-3-16(10-11-18)8-9-17(21)19-12-6-14-20-13-5-4-7-15(20)2/h15-16H,3-14,18H2,1-2H3,(H,19,21). The highest BCUT2D eigenvalue weighted by Gasteiger charge is 2.17. The van der Waals surface area contributed by atoms with Gasteiger partial charge in [0.1, 0.15) is 0 Å². The monoisotopic (exact) mass is 297 g/mol. The first-order valence-electron chi connectivity index (χ1n) is 8.88. The lowest BCUT2D eigenvalue weighted by molar-refractivity contribution is -0.121. The van der Waals surface area contributed by atoms with E-state index >= 15 is 0 Å². The summed E-state index contributed by atoms with van der Waals surface area (Å²) in [5.41, 5.74) is 5.59. The third-order valence-corrected chi connectivity index (χ3v) is 4.82. The highest BCUT2D eigenvalue weighted by atomic mass is 16.1. The second-order valence-electron chi connectivity index (χ2n) is 6.47. The van der Waals surface area contributed by atoms with Gasteiger partial charge in [-0.3, -0.25) is 4.79 Å². The van der Waals surface area contributed by atoms with E-state index in [1.165, 1.54) is 25.8 Å². The minimum Gasteiger partial charge on any atom is -0.356 e. The number of rotatable bonds is 10. The van der Waals surface area contributed by atoms with Crippen molar-refractivity contribution in [2.75, 3.05) is 26.2 Å². The molecule has 1 heterocycles. The zero-order valence-corrected chi connectivity index (χ0v) is 14.1. The summed E-state index contributed by atoms with van der Waals surface area (Å²) < 4.78 is 0. The van der Waals surface area contributed by atoms with Gasteiger partial charge in [-0.05, 0) is 58.0 Å². The van der Waals surface area contributed by atoms with Gasteiger partial charge in [-0.1, -0.05) is 19.8 Å². The number of carbonyl (C=O) groups excluding carboxylic acids is 1. The van der Waals surface area contributed by atoms with E-state index in [2.05, 4.69) is 24.1 Å². The molecule has 2 unspecified atom stereocenters. The van der Waals surface area contributed by atoms with Gasteiger partial charge < -0.3 is 16.0 Å². The summed E-state index contributed by atoms with van der Waals surface area (Å²) in [5, 5.41) is 3.06. The van der Waals surface area contributed by atoms with Crippen LogP contribution < -0.4 is 11.1 Å². The van der Waals surface area contributed by atoms with Crippen LogP contribution in [0.3, 0.4) is 0 Å². The van der Waals surface area contributed by atoms with Crippen LogP contribution in [0.1, 0.15) is 65.2 Å². The van der Waals surface area contributed by atoms with Crippen molar-refractivity contribution in [3.05, 3.63) is 0 Å². The van der Waals surface area contributed by atoms with Crippen molar-refractivity contribution < 1.29 is 4.79 Å². The molecule has 124 valence electrons. The molecular weight excluding hydrogens is 262 g/mol. The third kappa shape index (κ3) is 7.82. The number of nitrogens with one attached hydrogen (secondary N) is 1. The number of piperidine rings is 1. The summed E-state index contributed by atoms with van der Waals surface area (Å²) in [4.78, 5) is 14.4. The van der Waals surface area contributed by atoms with Crippen LogP contribution in [0.5, 0.6) is 0 Å². The Morgan fingerprint density at radius 2 is 2.19 bits per heavy atom. The van der Waals surface area contributed by atoms with E-state index in [1.807, 2.05) is 0 Å². The first-order valence-corrected chi connectivity index (χ1v) is 8.88. The predicted molar refractivity (Wildman–Crippen MR) is 89.2 cm³/mol. The lowest BCUT2D eigenvalue weighted by Gasteiger charge is -2.33. The van der Waals surface area contributed by atoms with E-state index in [0.29, 0.717) is 12.3 Å². The maximum Gasteiger partial charge on any atom is 0.220 e. The summed E-state index contributed by atoms with van der Waals surface area (Å²) in [6.45, 7) is 8.39. The van der Waals surface area contributed by atoms with Crippen LogP contribution in [0.15, 0.2) is 0 Å². The zero-order chi connectivity index (χ0) is 15.5. The topological polar surface area (TPSA) is 58.4 Å². The van der Waals surface area contributed by atoms with Crippen molar-refractivity contribution in [3.63, 3.8) is 0 Å². The molecule has 1 fully saturated rings. The quantitative estimate of drug-likeness (QED) is 0.609. The summed E-state index contributed by atoms with van der Waals surface area (Å²) >= 11 is 0. The fourth-order valence-corrected chi connectivity index (χ4v) is 3.21.